The normalized spacial score (nSPS) is 13.2. The number of aromatic nitrogens is 4. The zero-order valence-corrected chi connectivity index (χ0v) is 36.4. The minimum absolute atomic E-state index is 0. The van der Waals surface area contributed by atoms with Gasteiger partial charge in [0.05, 0.1) is 28.8 Å². The van der Waals surface area contributed by atoms with E-state index in [4.69, 9.17) is 38.8 Å². The van der Waals surface area contributed by atoms with Crippen LogP contribution in [-0.2, 0) is 0 Å². The Morgan fingerprint density at radius 2 is 1.08 bits per heavy atom. The van der Waals surface area contributed by atoms with E-state index in [-0.39, 0.29) is 23.9 Å². The Bertz CT molecular complexity index is 2610. The maximum absolute atomic E-state index is 13.1. The predicted octanol–water partition coefficient (Wildman–Crippen LogP) is 9.79. The highest BCUT2D eigenvalue weighted by Gasteiger charge is 2.33. The molecule has 0 saturated carbocycles. The van der Waals surface area contributed by atoms with Crippen LogP contribution in [0.5, 0.6) is 0 Å². The molecule has 0 bridgehead atoms. The molecule has 1 amide bonds. The average Bonchev–Trinajstić information content (AvgIpc) is 3.68. The zero-order chi connectivity index (χ0) is 42.5. The Balaban J connectivity index is 0.000000187. The smallest absolute Gasteiger partial charge is 0.335 e. The fourth-order valence-electron chi connectivity index (χ4n) is 7.17. The van der Waals surface area contributed by atoms with Crippen molar-refractivity contribution in [1.29, 1.82) is 10.5 Å². The summed E-state index contributed by atoms with van der Waals surface area (Å²) in [6.45, 7) is 14.8. The number of nitrogens with one attached hydrogen (secondary N) is 3. The van der Waals surface area contributed by atoms with Gasteiger partial charge in [-0.15, -0.1) is 12.4 Å². The van der Waals surface area contributed by atoms with E-state index in [9.17, 15) is 9.59 Å². The third-order valence-electron chi connectivity index (χ3n) is 10.6. The molecule has 0 radical (unpaired) electrons. The van der Waals surface area contributed by atoms with E-state index in [2.05, 4.69) is 37.4 Å². The van der Waals surface area contributed by atoms with Crippen molar-refractivity contribution in [3.8, 4) is 34.7 Å². The predicted molar refractivity (Wildman–Crippen MR) is 237 cm³/mol. The van der Waals surface area contributed by atoms with E-state index in [0.717, 1.165) is 63.4 Å². The van der Waals surface area contributed by atoms with E-state index in [1.165, 1.54) is 5.56 Å². The number of hydrogen-bond donors (Lipinski definition) is 4. The van der Waals surface area contributed by atoms with Crippen molar-refractivity contribution in [3.63, 3.8) is 0 Å². The number of aryl methyl sites for hydroxylation is 6. The molecule has 308 valence electrons. The minimum atomic E-state index is -0.947. The molecule has 2 aliphatic heterocycles. The second kappa shape index (κ2) is 19.4. The number of halogens is 3. The molecule has 2 aromatic heterocycles. The Hall–Kier alpha value is -5.95. The summed E-state index contributed by atoms with van der Waals surface area (Å²) in [4.78, 5) is 40.8. The van der Waals surface area contributed by atoms with Crippen LogP contribution in [0.3, 0.4) is 0 Å². The van der Waals surface area contributed by atoms with Crippen LogP contribution in [0.4, 0.5) is 0 Å². The van der Waals surface area contributed by atoms with Crippen molar-refractivity contribution in [2.24, 2.45) is 0 Å². The highest BCUT2D eigenvalue weighted by atomic mass is 35.5. The number of carboxylic acid groups (broad SMARTS) is 1. The molecule has 0 atom stereocenters. The van der Waals surface area contributed by atoms with E-state index in [1.807, 2.05) is 99.3 Å². The number of amides is 1. The number of nitriles is 2. The lowest BCUT2D eigenvalue weighted by Crippen LogP contribution is -2.48. The molecule has 2 aliphatic rings. The maximum Gasteiger partial charge on any atom is 0.335 e. The van der Waals surface area contributed by atoms with Crippen molar-refractivity contribution in [2.75, 3.05) is 26.2 Å². The quantitative estimate of drug-likeness (QED) is 0.128. The van der Waals surface area contributed by atoms with Crippen LogP contribution in [0.25, 0.3) is 22.5 Å². The first kappa shape index (κ1) is 45.1. The highest BCUT2D eigenvalue weighted by molar-refractivity contribution is 6.32. The lowest BCUT2D eigenvalue weighted by atomic mass is 9.89. The number of nitrogens with zero attached hydrogens (tertiary/aromatic N) is 5. The summed E-state index contributed by atoms with van der Waals surface area (Å²) in [5.41, 5.74) is 11.4. The molecule has 0 aliphatic carbocycles. The molecule has 60 heavy (non-hydrogen) atoms. The fourth-order valence-corrected chi connectivity index (χ4v) is 7.73. The van der Waals surface area contributed by atoms with E-state index in [1.54, 1.807) is 19.9 Å². The van der Waals surface area contributed by atoms with Gasteiger partial charge in [-0.1, -0.05) is 59.6 Å². The second-order valence-electron chi connectivity index (χ2n) is 15.0. The van der Waals surface area contributed by atoms with Crippen LogP contribution in [-0.4, -0.2) is 68.0 Å². The van der Waals surface area contributed by atoms with Crippen molar-refractivity contribution < 1.29 is 14.7 Å². The van der Waals surface area contributed by atoms with Gasteiger partial charge in [0.1, 0.15) is 33.3 Å². The molecular formula is C46H45Cl3N8O3. The lowest BCUT2D eigenvalue weighted by Gasteiger charge is -2.40. The number of benzene rings is 4. The van der Waals surface area contributed by atoms with Gasteiger partial charge in [0, 0.05) is 54.7 Å². The summed E-state index contributed by atoms with van der Waals surface area (Å²) in [7, 11) is 0. The van der Waals surface area contributed by atoms with Crippen molar-refractivity contribution in [3.05, 3.63) is 150 Å². The number of carbonyl (C=O) groups excluding carboxylic acids is 1. The van der Waals surface area contributed by atoms with Crippen LogP contribution in [0, 0.1) is 64.2 Å². The molecule has 8 rings (SSSR count). The van der Waals surface area contributed by atoms with Gasteiger partial charge < -0.3 is 25.3 Å². The number of aromatic amines is 2. The van der Waals surface area contributed by atoms with Crippen LogP contribution in [0.15, 0.2) is 72.8 Å². The summed E-state index contributed by atoms with van der Waals surface area (Å²) in [6.07, 6.45) is 0. The molecule has 4 aromatic carbocycles. The SMILES string of the molecule is Cc1nc(-c2cc(C(=O)N3CC(c4ccc(C#N)cc4)C3)c(C)cc2C)c(Cl)[nH]1.Cc1nc(-c2cc(C(=O)O)c(C)cc2C)c(Cl)[nH]1.Cl.N#Cc1ccc(C2CNC2)cc1. The number of aromatic carboxylic acids is 1. The van der Waals surface area contributed by atoms with Gasteiger partial charge >= 0.3 is 5.97 Å². The second-order valence-corrected chi connectivity index (χ2v) is 15.7. The number of hydrogen-bond acceptors (Lipinski definition) is 7. The third kappa shape index (κ3) is 10.1. The summed E-state index contributed by atoms with van der Waals surface area (Å²) >= 11 is 12.4. The van der Waals surface area contributed by atoms with E-state index < -0.39 is 5.97 Å². The van der Waals surface area contributed by atoms with Crippen LogP contribution in [0.2, 0.25) is 10.3 Å². The van der Waals surface area contributed by atoms with Crippen LogP contribution < -0.4 is 5.32 Å². The van der Waals surface area contributed by atoms with Gasteiger partial charge in [-0.25, -0.2) is 14.8 Å². The lowest BCUT2D eigenvalue weighted by molar-refractivity contribution is 0.0601. The van der Waals surface area contributed by atoms with Gasteiger partial charge in [0.2, 0.25) is 0 Å². The fraction of sp³-hybridized carbons (Fsp3) is 0.261. The van der Waals surface area contributed by atoms with Gasteiger partial charge in [0.15, 0.2) is 0 Å². The molecule has 0 unspecified atom stereocenters. The van der Waals surface area contributed by atoms with Gasteiger partial charge in [-0.2, -0.15) is 10.5 Å². The number of likely N-dealkylation sites (tertiary alicyclic amines) is 1. The van der Waals surface area contributed by atoms with E-state index >= 15 is 0 Å². The monoisotopic (exact) mass is 862 g/mol. The zero-order valence-electron chi connectivity index (χ0n) is 34.1. The van der Waals surface area contributed by atoms with Gasteiger partial charge in [-0.05, 0) is 111 Å². The maximum atomic E-state index is 13.1. The van der Waals surface area contributed by atoms with Crippen LogP contribution in [0.1, 0.15) is 88.7 Å². The molecule has 2 saturated heterocycles. The van der Waals surface area contributed by atoms with Crippen LogP contribution >= 0.6 is 35.6 Å². The molecule has 14 heteroatoms. The molecule has 2 fully saturated rings. The third-order valence-corrected chi connectivity index (χ3v) is 11.2. The molecule has 0 spiro atoms. The number of H-pyrrole nitrogens is 2. The standard InChI is InChI=1S/C23H21ClN4O.C13H13ClN2O2.C10H10N2.ClH/c1-13-8-14(2)20(9-19(13)21-22(24)27-15(3)26-21)23(29)28-11-18(12-28)17-6-4-16(10-25)5-7-17;1-6-4-7(2)10(13(17)18)5-9(6)11-12(14)16-8(3)15-11;11-5-8-1-3-9(4-2-8)10-6-12-7-10;/h4-9,18H,11-12H2,1-3H3,(H,26,27);4-5H,1-3H3,(H,15,16)(H,17,18);1-4,10,12H,6-7H2;1H. The molecule has 4 N–H and O–H groups in total. The van der Waals surface area contributed by atoms with Crippen molar-refractivity contribution in [2.45, 2.75) is 53.4 Å². The summed E-state index contributed by atoms with van der Waals surface area (Å²) < 4.78 is 0. The number of carbonyl (C=O) groups is 2. The van der Waals surface area contributed by atoms with Gasteiger partial charge in [0.25, 0.3) is 5.91 Å². The molecule has 11 nitrogen and oxygen atoms in total. The average molecular weight is 864 g/mol. The van der Waals surface area contributed by atoms with Crippen molar-refractivity contribution in [1.82, 2.24) is 30.2 Å². The highest BCUT2D eigenvalue weighted by Crippen LogP contribution is 2.34. The first-order valence-electron chi connectivity index (χ1n) is 19.1. The molecule has 4 heterocycles. The number of imidazole rings is 2. The number of carboxylic acids is 1. The largest absolute Gasteiger partial charge is 0.478 e. The number of rotatable bonds is 6. The van der Waals surface area contributed by atoms with E-state index in [0.29, 0.717) is 63.6 Å². The molecular weight excluding hydrogens is 819 g/mol. The first-order valence-corrected chi connectivity index (χ1v) is 19.8. The Morgan fingerprint density at radius 3 is 1.45 bits per heavy atom. The topological polar surface area (TPSA) is 175 Å². The summed E-state index contributed by atoms with van der Waals surface area (Å²) in [5.74, 6) is 1.49. The summed E-state index contributed by atoms with van der Waals surface area (Å²) in [6, 6.07) is 27.1. The van der Waals surface area contributed by atoms with Crippen molar-refractivity contribution >= 4 is 47.5 Å². The Kier molecular flexibility index (Phi) is 14.6. The Labute approximate surface area is 365 Å². The molecule has 6 aromatic rings. The minimum Gasteiger partial charge on any atom is -0.478 e. The van der Waals surface area contributed by atoms with Gasteiger partial charge in [-0.3, -0.25) is 4.79 Å². The summed E-state index contributed by atoms with van der Waals surface area (Å²) in [5, 5.41) is 30.8. The Morgan fingerprint density at radius 1 is 0.667 bits per heavy atom. The first-order chi connectivity index (χ1) is 28.2.